The van der Waals surface area contributed by atoms with Crippen LogP contribution in [0, 0.1) is 6.92 Å². The quantitative estimate of drug-likeness (QED) is 0.131. The van der Waals surface area contributed by atoms with Crippen LogP contribution in [0.1, 0.15) is 18.2 Å². The van der Waals surface area contributed by atoms with Gasteiger partial charge in [-0.1, -0.05) is 5.11 Å². The Balaban J connectivity index is 2.14. The zero-order chi connectivity index (χ0) is 23.6. The van der Waals surface area contributed by atoms with Gasteiger partial charge in [-0.2, -0.15) is 0 Å². The van der Waals surface area contributed by atoms with E-state index in [9.17, 15) is 33.1 Å². The molecule has 0 radical (unpaired) electrons. The molecular weight excluding hydrogens is 487 g/mol. The number of rotatable bonds is 9. The Labute approximate surface area is 172 Å². The maximum Gasteiger partial charge on any atom is 0.479 e. The van der Waals surface area contributed by atoms with E-state index in [2.05, 4.69) is 23.8 Å². The summed E-state index contributed by atoms with van der Waals surface area (Å²) in [6.45, 7) is 0.611. The van der Waals surface area contributed by atoms with Crippen molar-refractivity contribution in [3.05, 3.63) is 43.0 Å². The Morgan fingerprint density at radius 2 is 1.97 bits per heavy atom. The van der Waals surface area contributed by atoms with Crippen molar-refractivity contribution in [1.29, 1.82) is 0 Å². The lowest BCUT2D eigenvalue weighted by Crippen LogP contribution is -2.33. The van der Waals surface area contributed by atoms with Crippen molar-refractivity contribution in [2.45, 2.75) is 31.7 Å². The smallest absolute Gasteiger partial charge is 0.352 e. The number of aromatic nitrogens is 2. The highest BCUT2D eigenvalue weighted by Gasteiger charge is 2.42. The highest BCUT2D eigenvalue weighted by atomic mass is 31.3. The minimum Gasteiger partial charge on any atom is -0.352 e. The summed E-state index contributed by atoms with van der Waals surface area (Å²) in [5.74, 6) is -1.72. The first-order chi connectivity index (χ1) is 14.1. The van der Waals surface area contributed by atoms with Gasteiger partial charge in [0.2, 0.25) is 0 Å². The summed E-state index contributed by atoms with van der Waals surface area (Å²) in [7, 11) is -15.6. The van der Waals surface area contributed by atoms with E-state index in [1.807, 2.05) is 0 Å². The Bertz CT molecular complexity index is 1140. The standard InChI is InChI=1S/C11H18N5O12P3/c1-6-3-16(11(18)13-10(6)17)9-2-7(14-15-12)8(27-9)4-26-31(24,25)28-30(22,23)5-29(19,20)21/h3,7-9H,2,4-5H2,1H3,(H,22,23)(H,24,25)(H,13,17,18)(H2,19,20,21). The van der Waals surface area contributed by atoms with Crippen molar-refractivity contribution in [1.82, 2.24) is 9.55 Å². The predicted octanol–water partition coefficient (Wildman–Crippen LogP) is 0.266. The van der Waals surface area contributed by atoms with Gasteiger partial charge in [0, 0.05) is 23.1 Å². The van der Waals surface area contributed by atoms with E-state index in [1.54, 1.807) is 0 Å². The molecule has 20 heteroatoms. The largest absolute Gasteiger partial charge is 0.479 e. The summed E-state index contributed by atoms with van der Waals surface area (Å²) in [5.41, 5.74) is 7.44. The van der Waals surface area contributed by atoms with Crippen molar-refractivity contribution in [3.63, 3.8) is 0 Å². The molecule has 1 aromatic heterocycles. The van der Waals surface area contributed by atoms with Crippen molar-refractivity contribution in [2.24, 2.45) is 5.11 Å². The number of hydrogen-bond donors (Lipinski definition) is 5. The minimum absolute atomic E-state index is 0.0865. The van der Waals surface area contributed by atoms with Crippen LogP contribution in [0.5, 0.6) is 0 Å². The lowest BCUT2D eigenvalue weighted by Gasteiger charge is -2.20. The minimum atomic E-state index is -5.30. The molecule has 1 fully saturated rings. The molecule has 5 atom stereocenters. The molecule has 31 heavy (non-hydrogen) atoms. The fourth-order valence-corrected chi connectivity index (χ4v) is 6.98. The van der Waals surface area contributed by atoms with E-state index >= 15 is 0 Å². The number of aryl methyl sites for hydroxylation is 1. The molecule has 0 aromatic carbocycles. The second-order valence-corrected chi connectivity index (χ2v) is 12.0. The van der Waals surface area contributed by atoms with Crippen molar-refractivity contribution >= 4 is 23.0 Å². The molecule has 5 N–H and O–H groups in total. The molecule has 2 heterocycles. The van der Waals surface area contributed by atoms with E-state index < -0.39 is 65.1 Å². The number of H-pyrrole nitrogens is 1. The maximum absolute atomic E-state index is 12.0. The molecule has 0 spiro atoms. The van der Waals surface area contributed by atoms with Gasteiger partial charge in [-0.3, -0.25) is 28.0 Å². The van der Waals surface area contributed by atoms with Gasteiger partial charge in [0.1, 0.15) is 6.23 Å². The third-order valence-corrected chi connectivity index (χ3v) is 9.08. The first-order valence-corrected chi connectivity index (χ1v) is 13.2. The van der Waals surface area contributed by atoms with E-state index in [4.69, 9.17) is 20.1 Å². The van der Waals surface area contributed by atoms with Crippen LogP contribution in [0.2, 0.25) is 0 Å². The molecule has 2 rings (SSSR count). The van der Waals surface area contributed by atoms with Crippen LogP contribution in [0.15, 0.2) is 20.9 Å². The predicted molar refractivity (Wildman–Crippen MR) is 101 cm³/mol. The normalized spacial score (nSPS) is 25.4. The molecule has 0 amide bonds. The van der Waals surface area contributed by atoms with Gasteiger partial charge in [0.25, 0.3) is 5.56 Å². The molecule has 1 aliphatic heterocycles. The monoisotopic (exact) mass is 505 g/mol. The van der Waals surface area contributed by atoms with Crippen LogP contribution in [0.3, 0.4) is 0 Å². The fourth-order valence-electron chi connectivity index (χ4n) is 2.63. The van der Waals surface area contributed by atoms with Gasteiger partial charge in [-0.25, -0.2) is 13.7 Å². The van der Waals surface area contributed by atoms with E-state index in [0.717, 1.165) is 4.57 Å². The van der Waals surface area contributed by atoms with Crippen LogP contribution in [-0.4, -0.2) is 53.8 Å². The first kappa shape index (κ1) is 25.7. The summed E-state index contributed by atoms with van der Waals surface area (Å²) in [4.78, 5) is 64.5. The van der Waals surface area contributed by atoms with Gasteiger partial charge in [0.05, 0.1) is 18.8 Å². The number of phosphoric ester groups is 1. The Morgan fingerprint density at radius 1 is 1.32 bits per heavy atom. The average molecular weight is 505 g/mol. The highest BCUT2D eigenvalue weighted by Crippen LogP contribution is 2.65. The zero-order valence-electron chi connectivity index (χ0n) is 15.6. The molecule has 174 valence electrons. The van der Waals surface area contributed by atoms with E-state index in [0.29, 0.717) is 0 Å². The fraction of sp³-hybridized carbons (Fsp3) is 0.636. The Kier molecular flexibility index (Phi) is 7.85. The highest BCUT2D eigenvalue weighted by molar-refractivity contribution is 7.73. The van der Waals surface area contributed by atoms with Gasteiger partial charge >= 0.3 is 28.7 Å². The second-order valence-electron chi connectivity index (χ2n) is 6.41. The molecule has 1 saturated heterocycles. The molecule has 5 unspecified atom stereocenters. The van der Waals surface area contributed by atoms with Crippen molar-refractivity contribution in [3.8, 4) is 0 Å². The van der Waals surface area contributed by atoms with Crippen molar-refractivity contribution < 1.29 is 46.8 Å². The lowest BCUT2D eigenvalue weighted by atomic mass is 10.1. The topological polar surface area (TPSA) is 263 Å². The first-order valence-electron chi connectivity index (χ1n) is 8.19. The molecule has 0 saturated carbocycles. The third kappa shape index (κ3) is 7.49. The van der Waals surface area contributed by atoms with Crippen LogP contribution >= 0.6 is 23.0 Å². The van der Waals surface area contributed by atoms with Gasteiger partial charge in [-0.15, -0.1) is 0 Å². The number of aromatic amines is 1. The average Bonchev–Trinajstić information content (AvgIpc) is 2.96. The Hall–Kier alpha value is -1.60. The van der Waals surface area contributed by atoms with Crippen LogP contribution in [0.25, 0.3) is 10.4 Å². The number of azide groups is 1. The Morgan fingerprint density at radius 3 is 2.55 bits per heavy atom. The molecular formula is C11H18N5O12P3. The van der Waals surface area contributed by atoms with Crippen LogP contribution in [-0.2, 0) is 27.3 Å². The number of nitrogens with one attached hydrogen (secondary N) is 1. The third-order valence-electron chi connectivity index (χ3n) is 3.86. The van der Waals surface area contributed by atoms with Crippen LogP contribution < -0.4 is 11.2 Å². The molecule has 1 aliphatic rings. The summed E-state index contributed by atoms with van der Waals surface area (Å²) in [5, 5.41) is 3.44. The van der Waals surface area contributed by atoms with Gasteiger partial charge in [-0.05, 0) is 12.5 Å². The molecule has 1 aromatic rings. The number of ether oxygens (including phenoxy) is 1. The van der Waals surface area contributed by atoms with Crippen LogP contribution in [0.4, 0.5) is 0 Å². The van der Waals surface area contributed by atoms with Gasteiger partial charge in [0.15, 0.2) is 5.90 Å². The van der Waals surface area contributed by atoms with Crippen molar-refractivity contribution in [2.75, 3.05) is 12.5 Å². The zero-order valence-corrected chi connectivity index (χ0v) is 18.3. The summed E-state index contributed by atoms with van der Waals surface area (Å²) < 4.78 is 49.3. The van der Waals surface area contributed by atoms with E-state index in [1.165, 1.54) is 13.1 Å². The number of phosphoric acid groups is 1. The summed E-state index contributed by atoms with van der Waals surface area (Å²) in [6, 6.07) is -1.01. The summed E-state index contributed by atoms with van der Waals surface area (Å²) in [6.07, 6.45) is -1.16. The number of nitrogens with zero attached hydrogens (tertiary/aromatic N) is 4. The SMILES string of the molecule is Cc1cn(C2CC(N=[N+]=[N-])C(COP(=O)(O)OP(=O)(O)CP(=O)(O)O)O2)c(=O)[nH]c1=O. The number of hydrogen-bond acceptors (Lipinski definition) is 9. The molecule has 0 aliphatic carbocycles. The molecule has 0 bridgehead atoms. The second kappa shape index (κ2) is 9.49. The van der Waals surface area contributed by atoms with Gasteiger partial charge < -0.3 is 24.3 Å². The van der Waals surface area contributed by atoms with E-state index in [-0.39, 0.29) is 12.0 Å². The maximum atomic E-state index is 12.0. The lowest BCUT2D eigenvalue weighted by molar-refractivity contribution is -0.0265. The molecule has 17 nitrogen and oxygen atoms in total. The summed E-state index contributed by atoms with van der Waals surface area (Å²) >= 11 is 0.